The molecule has 5 heteroatoms. The van der Waals surface area contributed by atoms with Gasteiger partial charge in [0.25, 0.3) is 0 Å². The Morgan fingerprint density at radius 2 is 2.33 bits per heavy atom. The molecule has 0 bridgehead atoms. The Hall–Kier alpha value is -0.580. The lowest BCUT2D eigenvalue weighted by molar-refractivity contribution is -0.120. The van der Waals surface area contributed by atoms with Gasteiger partial charge in [0.15, 0.2) is 0 Å². The molecule has 1 saturated heterocycles. The number of carbonyl (C=O) groups excluding carboxylic acids is 1. The van der Waals surface area contributed by atoms with E-state index in [-0.39, 0.29) is 12.0 Å². The second kappa shape index (κ2) is 6.82. The summed E-state index contributed by atoms with van der Waals surface area (Å²) < 4.78 is 5.40. The molecule has 0 aromatic carbocycles. The molecular weight excluding hydrogens is 216 g/mol. The van der Waals surface area contributed by atoms with Gasteiger partial charge in [0, 0.05) is 18.2 Å². The molecule has 0 aromatic heterocycles. The van der Waals surface area contributed by atoms with Crippen LogP contribution in [0.25, 0.3) is 0 Å². The van der Waals surface area contributed by atoms with E-state index in [1.165, 1.54) is 0 Å². The zero-order valence-corrected chi connectivity index (χ0v) is 9.48. The van der Waals surface area contributed by atoms with Crippen LogP contribution in [0.3, 0.4) is 0 Å². The minimum Gasteiger partial charge on any atom is -0.377 e. The maximum Gasteiger partial charge on any atom is 0.234 e. The fourth-order valence-corrected chi connectivity index (χ4v) is 1.48. The molecule has 1 atom stereocenters. The molecule has 1 fully saturated rings. The summed E-state index contributed by atoms with van der Waals surface area (Å²) in [4.78, 5) is 11.2. The van der Waals surface area contributed by atoms with Gasteiger partial charge < -0.3 is 15.4 Å². The quantitative estimate of drug-likeness (QED) is 0.706. The highest BCUT2D eigenvalue weighted by atomic mass is 35.5. The van der Waals surface area contributed by atoms with E-state index in [1.54, 1.807) is 0 Å². The van der Waals surface area contributed by atoms with E-state index in [2.05, 4.69) is 17.2 Å². The Labute approximate surface area is 95.0 Å². The minimum atomic E-state index is -0.0743. The van der Waals surface area contributed by atoms with Crippen LogP contribution in [0.2, 0.25) is 0 Å². The highest BCUT2D eigenvalue weighted by Crippen LogP contribution is 2.10. The van der Waals surface area contributed by atoms with Gasteiger partial charge in [-0.3, -0.25) is 4.79 Å². The van der Waals surface area contributed by atoms with Crippen molar-refractivity contribution >= 4 is 17.5 Å². The van der Waals surface area contributed by atoms with Crippen molar-refractivity contribution in [3.05, 3.63) is 11.6 Å². The predicted octanol–water partition coefficient (Wildman–Crippen LogP) is 0.624. The summed E-state index contributed by atoms with van der Waals surface area (Å²) in [5.74, 6) is -0.0743. The third-order valence-corrected chi connectivity index (χ3v) is 2.29. The molecule has 0 radical (unpaired) electrons. The second-order valence-electron chi connectivity index (χ2n) is 3.56. The third kappa shape index (κ3) is 5.77. The first-order valence-corrected chi connectivity index (χ1v) is 5.48. The van der Waals surface area contributed by atoms with Crippen LogP contribution in [0.4, 0.5) is 0 Å². The summed E-state index contributed by atoms with van der Waals surface area (Å²) in [5.41, 5.74) is 0. The number of hydrogen-bond donors (Lipinski definition) is 2. The molecule has 2 N–H and O–H groups in total. The van der Waals surface area contributed by atoms with Gasteiger partial charge in [0.05, 0.1) is 19.2 Å². The summed E-state index contributed by atoms with van der Waals surface area (Å²) >= 11 is 5.51. The molecule has 1 unspecified atom stereocenters. The molecule has 4 nitrogen and oxygen atoms in total. The van der Waals surface area contributed by atoms with Crippen molar-refractivity contribution in [1.29, 1.82) is 0 Å². The van der Waals surface area contributed by atoms with Crippen LogP contribution in [-0.4, -0.2) is 38.3 Å². The van der Waals surface area contributed by atoms with Crippen molar-refractivity contribution in [2.75, 3.05) is 26.2 Å². The molecule has 1 aliphatic heterocycles. The largest absolute Gasteiger partial charge is 0.377 e. The Morgan fingerprint density at radius 3 is 2.93 bits per heavy atom. The van der Waals surface area contributed by atoms with Crippen LogP contribution in [0.1, 0.15) is 12.8 Å². The third-order valence-electron chi connectivity index (χ3n) is 2.16. The van der Waals surface area contributed by atoms with Gasteiger partial charge in [-0.25, -0.2) is 0 Å². The maximum atomic E-state index is 11.2. The molecule has 0 aliphatic carbocycles. The molecule has 0 spiro atoms. The van der Waals surface area contributed by atoms with Gasteiger partial charge in [-0.1, -0.05) is 18.2 Å². The predicted molar refractivity (Wildman–Crippen MR) is 59.8 cm³/mol. The summed E-state index contributed by atoms with van der Waals surface area (Å²) in [5, 5.41) is 6.11. The van der Waals surface area contributed by atoms with E-state index in [9.17, 15) is 4.79 Å². The fourth-order valence-electron chi connectivity index (χ4n) is 1.41. The number of hydrogen-bond acceptors (Lipinski definition) is 3. The average Bonchev–Trinajstić information content (AvgIpc) is 2.67. The highest BCUT2D eigenvalue weighted by molar-refractivity contribution is 6.29. The lowest BCUT2D eigenvalue weighted by Crippen LogP contribution is -2.37. The van der Waals surface area contributed by atoms with E-state index < -0.39 is 0 Å². The van der Waals surface area contributed by atoms with Crippen LogP contribution < -0.4 is 10.6 Å². The normalized spacial score (nSPS) is 20.2. The number of halogens is 1. The first kappa shape index (κ1) is 12.5. The summed E-state index contributed by atoms with van der Waals surface area (Å²) in [6.45, 7) is 5.67. The number of carbonyl (C=O) groups is 1. The molecule has 0 saturated carbocycles. The number of ether oxygens (including phenoxy) is 1. The van der Waals surface area contributed by atoms with Crippen molar-refractivity contribution in [1.82, 2.24) is 10.6 Å². The first-order valence-electron chi connectivity index (χ1n) is 5.11. The van der Waals surface area contributed by atoms with Gasteiger partial charge in [-0.15, -0.1) is 0 Å². The summed E-state index contributed by atoms with van der Waals surface area (Å²) in [6, 6.07) is 0. The average molecular weight is 233 g/mol. The standard InChI is InChI=1S/C10H17ClN2O2/c1-8(11)5-13-10(14)7-12-6-9-3-2-4-15-9/h9,12H,1-7H2,(H,13,14). The van der Waals surface area contributed by atoms with Crippen molar-refractivity contribution < 1.29 is 9.53 Å². The Morgan fingerprint density at radius 1 is 1.53 bits per heavy atom. The Bertz CT molecular complexity index is 227. The molecule has 86 valence electrons. The van der Waals surface area contributed by atoms with E-state index in [4.69, 9.17) is 16.3 Å². The molecule has 1 amide bonds. The van der Waals surface area contributed by atoms with Crippen molar-refractivity contribution in [3.8, 4) is 0 Å². The minimum absolute atomic E-state index is 0.0743. The second-order valence-corrected chi connectivity index (χ2v) is 4.09. The van der Waals surface area contributed by atoms with Crippen LogP contribution in [0, 0.1) is 0 Å². The van der Waals surface area contributed by atoms with Crippen molar-refractivity contribution in [2.45, 2.75) is 18.9 Å². The molecule has 15 heavy (non-hydrogen) atoms. The Balaban J connectivity index is 1.98. The van der Waals surface area contributed by atoms with Gasteiger partial charge in [-0.2, -0.15) is 0 Å². The van der Waals surface area contributed by atoms with Gasteiger partial charge in [-0.05, 0) is 12.8 Å². The van der Waals surface area contributed by atoms with Gasteiger partial charge in [0.1, 0.15) is 0 Å². The molecular formula is C10H17ClN2O2. The van der Waals surface area contributed by atoms with E-state index in [0.29, 0.717) is 18.1 Å². The number of rotatable bonds is 6. The smallest absolute Gasteiger partial charge is 0.234 e. The van der Waals surface area contributed by atoms with Crippen LogP contribution in [0.15, 0.2) is 11.6 Å². The monoisotopic (exact) mass is 232 g/mol. The summed E-state index contributed by atoms with van der Waals surface area (Å²) in [6.07, 6.45) is 2.46. The topological polar surface area (TPSA) is 50.4 Å². The lowest BCUT2D eigenvalue weighted by atomic mass is 10.2. The zero-order valence-electron chi connectivity index (χ0n) is 8.72. The Kier molecular flexibility index (Phi) is 5.68. The number of amides is 1. The highest BCUT2D eigenvalue weighted by Gasteiger charge is 2.14. The van der Waals surface area contributed by atoms with E-state index >= 15 is 0 Å². The molecule has 1 aliphatic rings. The van der Waals surface area contributed by atoms with Gasteiger partial charge >= 0.3 is 0 Å². The van der Waals surface area contributed by atoms with Gasteiger partial charge in [0.2, 0.25) is 5.91 Å². The fraction of sp³-hybridized carbons (Fsp3) is 0.700. The van der Waals surface area contributed by atoms with Crippen molar-refractivity contribution in [2.24, 2.45) is 0 Å². The zero-order chi connectivity index (χ0) is 11.1. The maximum absolute atomic E-state index is 11.2. The number of nitrogens with one attached hydrogen (secondary N) is 2. The first-order chi connectivity index (χ1) is 7.18. The van der Waals surface area contributed by atoms with Crippen LogP contribution >= 0.6 is 11.6 Å². The van der Waals surface area contributed by atoms with E-state index in [1.807, 2.05) is 0 Å². The van der Waals surface area contributed by atoms with E-state index in [0.717, 1.165) is 26.0 Å². The van der Waals surface area contributed by atoms with Crippen LogP contribution in [-0.2, 0) is 9.53 Å². The molecule has 0 aromatic rings. The lowest BCUT2D eigenvalue weighted by Gasteiger charge is -2.10. The SMILES string of the molecule is C=C(Cl)CNC(=O)CNCC1CCCO1. The molecule has 1 heterocycles. The van der Waals surface area contributed by atoms with Crippen molar-refractivity contribution in [3.63, 3.8) is 0 Å². The molecule has 1 rings (SSSR count). The summed E-state index contributed by atoms with van der Waals surface area (Å²) in [7, 11) is 0. The van der Waals surface area contributed by atoms with Crippen LogP contribution in [0.5, 0.6) is 0 Å².